The topological polar surface area (TPSA) is 15.7 Å². The zero-order valence-corrected chi connectivity index (χ0v) is 33.4. The lowest BCUT2D eigenvalue weighted by Gasteiger charge is -2.45. The summed E-state index contributed by atoms with van der Waals surface area (Å²) >= 11 is 0. The molecule has 60 heavy (non-hydrogen) atoms. The Labute approximate surface area is 350 Å². The summed E-state index contributed by atoms with van der Waals surface area (Å²) in [5, 5.41) is 7.71. The van der Waals surface area contributed by atoms with Crippen molar-refractivity contribution in [1.29, 1.82) is 0 Å². The van der Waals surface area contributed by atoms with Crippen molar-refractivity contribution >= 4 is 66.4 Å². The Morgan fingerprint density at radius 1 is 0.367 bits per heavy atom. The van der Waals surface area contributed by atoms with Gasteiger partial charge in [-0.05, 0) is 132 Å². The summed E-state index contributed by atoms with van der Waals surface area (Å²) in [5.74, 6) is 1.72. The molecule has 284 valence electrons. The maximum absolute atomic E-state index is 6.86. The van der Waals surface area contributed by atoms with Gasteiger partial charge in [0.15, 0.2) is 11.5 Å². The van der Waals surface area contributed by atoms with Gasteiger partial charge in [-0.25, -0.2) is 0 Å². The van der Waals surface area contributed by atoms with Gasteiger partial charge >= 0.3 is 0 Å². The van der Waals surface area contributed by atoms with Crippen molar-refractivity contribution in [2.24, 2.45) is 0 Å². The van der Waals surface area contributed by atoms with E-state index in [0.29, 0.717) is 0 Å². The number of para-hydroxylation sites is 3. The van der Waals surface area contributed by atoms with E-state index in [2.05, 4.69) is 230 Å². The number of ether oxygens (including phenoxy) is 1. The largest absolute Gasteiger partial charge is 0.453 e. The van der Waals surface area contributed by atoms with Crippen molar-refractivity contribution < 1.29 is 4.74 Å². The fourth-order valence-corrected chi connectivity index (χ4v) is 9.85. The van der Waals surface area contributed by atoms with Crippen LogP contribution in [0.5, 0.6) is 11.5 Å². The van der Waals surface area contributed by atoms with Crippen molar-refractivity contribution in [3.63, 3.8) is 0 Å². The molecule has 0 atom stereocenters. The molecule has 0 radical (unpaired) electrons. The van der Waals surface area contributed by atoms with Crippen LogP contribution >= 0.6 is 0 Å². The van der Waals surface area contributed by atoms with Crippen LogP contribution in [0.3, 0.4) is 0 Å². The number of rotatable bonds is 5. The van der Waals surface area contributed by atoms with Gasteiger partial charge < -0.3 is 14.5 Å². The fourth-order valence-electron chi connectivity index (χ4n) is 9.85. The van der Waals surface area contributed by atoms with Gasteiger partial charge in [-0.3, -0.25) is 0 Å². The van der Waals surface area contributed by atoms with Crippen LogP contribution in [-0.4, -0.2) is 0 Å². The van der Waals surface area contributed by atoms with Crippen molar-refractivity contribution in [3.8, 4) is 33.8 Å². The number of hydrogen-bond donors (Lipinski definition) is 0. The van der Waals surface area contributed by atoms with E-state index in [4.69, 9.17) is 4.74 Å². The van der Waals surface area contributed by atoms with Gasteiger partial charge in [0.05, 0.1) is 17.1 Å². The second kappa shape index (κ2) is 13.2. The number of anilines is 6. The molecule has 3 heteroatoms. The highest BCUT2D eigenvalue weighted by atomic mass is 16.5. The first-order valence-electron chi connectivity index (χ1n) is 20.8. The predicted octanol–water partition coefficient (Wildman–Crippen LogP) is 16.2. The van der Waals surface area contributed by atoms with Crippen LogP contribution in [0, 0.1) is 0 Å². The van der Waals surface area contributed by atoms with Crippen LogP contribution in [0.25, 0.3) is 54.6 Å². The molecule has 0 unspecified atom stereocenters. The van der Waals surface area contributed by atoms with Gasteiger partial charge in [0.2, 0.25) is 0 Å². The first kappa shape index (κ1) is 34.4. The first-order valence-corrected chi connectivity index (χ1v) is 20.8. The molecular weight excluding hydrogens is 729 g/mol. The lowest BCUT2D eigenvalue weighted by molar-refractivity contribution is 0.471. The highest BCUT2D eigenvalue weighted by molar-refractivity contribution is 6.25. The maximum atomic E-state index is 6.86. The van der Waals surface area contributed by atoms with E-state index in [1.165, 1.54) is 60.3 Å². The number of hydrogen-bond acceptors (Lipinski definition) is 3. The van der Waals surface area contributed by atoms with E-state index >= 15 is 0 Å². The summed E-state index contributed by atoms with van der Waals surface area (Å²) in [5.41, 5.74) is 13.6. The molecule has 2 heterocycles. The molecule has 0 aromatic heterocycles. The van der Waals surface area contributed by atoms with E-state index in [1.807, 2.05) is 0 Å². The second-order valence-corrected chi connectivity index (χ2v) is 16.5. The van der Waals surface area contributed by atoms with Crippen LogP contribution in [0.2, 0.25) is 0 Å². The lowest BCUT2D eigenvalue weighted by Crippen LogP contribution is -2.32. The van der Waals surface area contributed by atoms with Gasteiger partial charge in [-0.1, -0.05) is 153 Å². The van der Waals surface area contributed by atoms with Crippen molar-refractivity contribution in [2.75, 3.05) is 9.80 Å². The van der Waals surface area contributed by atoms with Gasteiger partial charge in [0, 0.05) is 22.5 Å². The SMILES string of the molecule is CC1(C)c2ccc(-c3ccc4c5ccccc5c5ccccc5c4c3)cc2N2c3ccc(-c4ccc(N(c5ccccc5)c5ccccc5)cc4)cc3Oc3cccc1c32. The minimum atomic E-state index is -0.232. The molecule has 0 fully saturated rings. The Balaban J connectivity index is 0.963. The van der Waals surface area contributed by atoms with Gasteiger partial charge in [-0.2, -0.15) is 0 Å². The second-order valence-electron chi connectivity index (χ2n) is 16.5. The highest BCUT2D eigenvalue weighted by Crippen LogP contribution is 2.60. The summed E-state index contributed by atoms with van der Waals surface area (Å²) in [6.45, 7) is 4.68. The quantitative estimate of drug-likeness (QED) is 0.162. The molecule has 0 N–H and O–H groups in total. The smallest absolute Gasteiger partial charge is 0.152 e. The van der Waals surface area contributed by atoms with E-state index in [9.17, 15) is 0 Å². The summed E-state index contributed by atoms with van der Waals surface area (Å²) in [6.07, 6.45) is 0. The minimum Gasteiger partial charge on any atom is -0.453 e. The van der Waals surface area contributed by atoms with Crippen LogP contribution < -0.4 is 14.5 Å². The summed E-state index contributed by atoms with van der Waals surface area (Å²) in [4.78, 5) is 4.74. The predicted molar refractivity (Wildman–Crippen MR) is 251 cm³/mol. The number of nitrogens with zero attached hydrogens (tertiary/aromatic N) is 2. The average Bonchev–Trinajstić information content (AvgIpc) is 3.31. The van der Waals surface area contributed by atoms with Gasteiger partial charge in [-0.15, -0.1) is 0 Å². The molecule has 0 bridgehead atoms. The third-order valence-electron chi connectivity index (χ3n) is 12.8. The van der Waals surface area contributed by atoms with E-state index in [-0.39, 0.29) is 5.41 Å². The number of fused-ring (bicyclic) bond motifs is 10. The molecule has 12 rings (SSSR count). The van der Waals surface area contributed by atoms with E-state index in [0.717, 1.165) is 51.1 Å². The van der Waals surface area contributed by atoms with Crippen molar-refractivity contribution in [1.82, 2.24) is 0 Å². The standard InChI is InChI=1S/C57H40N2O/c1-57(2)50-32-27-39(38-26-31-48-46-20-10-9-18-44(46)45-19-11-12-21-47(45)49(48)34-38)35-53(50)59-52-33-28-40(36-55(52)60-54-23-13-22-51(57)56(54)59)37-24-29-43(30-25-37)58(41-14-5-3-6-15-41)42-16-7-4-8-17-42/h3-36H,1-2H3. The van der Waals surface area contributed by atoms with E-state index < -0.39 is 0 Å². The molecule has 0 saturated carbocycles. The van der Waals surface area contributed by atoms with E-state index in [1.54, 1.807) is 0 Å². The van der Waals surface area contributed by atoms with Gasteiger partial charge in [0.1, 0.15) is 0 Å². The molecule has 0 amide bonds. The molecule has 10 aromatic carbocycles. The summed E-state index contributed by atoms with van der Waals surface area (Å²) < 4.78 is 6.86. The molecule has 0 saturated heterocycles. The Bertz CT molecular complexity index is 3240. The molecule has 2 aliphatic heterocycles. The van der Waals surface area contributed by atoms with Crippen molar-refractivity contribution in [3.05, 3.63) is 217 Å². The molecule has 3 nitrogen and oxygen atoms in total. The Hall–Kier alpha value is -7.62. The molecule has 10 aromatic rings. The van der Waals surface area contributed by atoms with Gasteiger partial charge in [0.25, 0.3) is 0 Å². The zero-order valence-electron chi connectivity index (χ0n) is 33.4. The summed E-state index contributed by atoms with van der Waals surface area (Å²) in [7, 11) is 0. The lowest BCUT2D eigenvalue weighted by atomic mass is 9.72. The van der Waals surface area contributed by atoms with Crippen molar-refractivity contribution in [2.45, 2.75) is 19.3 Å². The normalized spacial score (nSPS) is 13.4. The minimum absolute atomic E-state index is 0.232. The Kier molecular flexibility index (Phi) is 7.58. The Morgan fingerprint density at radius 3 is 1.55 bits per heavy atom. The highest BCUT2D eigenvalue weighted by Gasteiger charge is 2.41. The monoisotopic (exact) mass is 768 g/mol. The zero-order chi connectivity index (χ0) is 40.0. The molecule has 0 aliphatic carbocycles. The maximum Gasteiger partial charge on any atom is 0.152 e. The van der Waals surface area contributed by atoms with Crippen LogP contribution in [0.4, 0.5) is 34.1 Å². The molecule has 0 spiro atoms. The van der Waals surface area contributed by atoms with Crippen LogP contribution in [0.1, 0.15) is 25.0 Å². The molecular formula is C57H40N2O. The number of benzene rings is 10. The third-order valence-corrected chi connectivity index (χ3v) is 12.8. The first-order chi connectivity index (χ1) is 29.5. The third kappa shape index (κ3) is 5.22. The van der Waals surface area contributed by atoms with Crippen LogP contribution in [-0.2, 0) is 5.41 Å². The Morgan fingerprint density at radius 2 is 0.883 bits per heavy atom. The average molecular weight is 769 g/mol. The summed E-state index contributed by atoms with van der Waals surface area (Å²) in [6, 6.07) is 74.8. The molecule has 2 aliphatic rings. The van der Waals surface area contributed by atoms with Crippen LogP contribution in [0.15, 0.2) is 206 Å². The fraction of sp³-hybridized carbons (Fsp3) is 0.0526.